The van der Waals surface area contributed by atoms with Gasteiger partial charge in [0.15, 0.2) is 0 Å². The SMILES string of the molecule is CCCCCCCCCOC(=O)CCCC(=O)OCc1cccc(F)c1. The topological polar surface area (TPSA) is 52.6 Å². The normalized spacial score (nSPS) is 10.5. The molecule has 0 saturated carbocycles. The lowest BCUT2D eigenvalue weighted by molar-refractivity contribution is -0.146. The summed E-state index contributed by atoms with van der Waals surface area (Å²) >= 11 is 0. The van der Waals surface area contributed by atoms with Gasteiger partial charge in [0.05, 0.1) is 6.61 Å². The van der Waals surface area contributed by atoms with Crippen LogP contribution in [0, 0.1) is 5.82 Å². The van der Waals surface area contributed by atoms with Crippen LogP contribution in [0.5, 0.6) is 0 Å². The Bertz CT molecular complexity index is 530. The van der Waals surface area contributed by atoms with E-state index in [1.54, 1.807) is 12.1 Å². The van der Waals surface area contributed by atoms with Crippen LogP contribution in [-0.2, 0) is 25.7 Å². The first kappa shape index (κ1) is 22.1. The number of halogens is 1. The standard InChI is InChI=1S/C21H31FO4/c1-2-3-4-5-6-7-8-15-25-20(23)13-10-14-21(24)26-17-18-11-9-12-19(22)16-18/h9,11-12,16H,2-8,10,13-15,17H2,1H3. The van der Waals surface area contributed by atoms with E-state index in [-0.39, 0.29) is 31.2 Å². The zero-order valence-corrected chi connectivity index (χ0v) is 15.8. The van der Waals surface area contributed by atoms with Crippen molar-refractivity contribution in [1.82, 2.24) is 0 Å². The Morgan fingerprint density at radius 2 is 1.54 bits per heavy atom. The van der Waals surface area contributed by atoms with Crippen LogP contribution < -0.4 is 0 Å². The van der Waals surface area contributed by atoms with E-state index in [4.69, 9.17) is 9.47 Å². The Kier molecular flexibility index (Phi) is 12.2. The summed E-state index contributed by atoms with van der Waals surface area (Å²) in [6.45, 7) is 2.69. The van der Waals surface area contributed by atoms with E-state index in [0.29, 0.717) is 18.6 Å². The lowest BCUT2D eigenvalue weighted by Gasteiger charge is -2.06. The summed E-state index contributed by atoms with van der Waals surface area (Å²) < 4.78 is 23.2. The lowest BCUT2D eigenvalue weighted by Crippen LogP contribution is -2.09. The second kappa shape index (κ2) is 14.3. The first-order valence-electron chi connectivity index (χ1n) is 9.67. The van der Waals surface area contributed by atoms with Gasteiger partial charge in [-0.1, -0.05) is 57.6 Å². The molecule has 0 atom stereocenters. The second-order valence-electron chi connectivity index (χ2n) is 6.49. The molecule has 0 aliphatic heterocycles. The summed E-state index contributed by atoms with van der Waals surface area (Å²) in [6, 6.07) is 5.93. The Balaban J connectivity index is 1.97. The highest BCUT2D eigenvalue weighted by Gasteiger charge is 2.08. The number of benzene rings is 1. The van der Waals surface area contributed by atoms with Gasteiger partial charge in [-0.25, -0.2) is 4.39 Å². The molecule has 0 bridgehead atoms. The van der Waals surface area contributed by atoms with Crippen LogP contribution in [0.1, 0.15) is 76.7 Å². The maximum atomic E-state index is 13.0. The van der Waals surface area contributed by atoms with Gasteiger partial charge in [-0.15, -0.1) is 0 Å². The van der Waals surface area contributed by atoms with E-state index in [1.165, 1.54) is 44.2 Å². The van der Waals surface area contributed by atoms with Crippen molar-refractivity contribution in [1.29, 1.82) is 0 Å². The fraction of sp³-hybridized carbons (Fsp3) is 0.619. The molecule has 0 N–H and O–H groups in total. The molecule has 146 valence electrons. The summed E-state index contributed by atoms with van der Waals surface area (Å²) in [5.41, 5.74) is 0.604. The molecule has 0 radical (unpaired) electrons. The van der Waals surface area contributed by atoms with Gasteiger partial charge >= 0.3 is 11.9 Å². The van der Waals surface area contributed by atoms with Crippen LogP contribution in [0.25, 0.3) is 0 Å². The van der Waals surface area contributed by atoms with Gasteiger partial charge < -0.3 is 9.47 Å². The van der Waals surface area contributed by atoms with Crippen LogP contribution in [0.3, 0.4) is 0 Å². The summed E-state index contributed by atoms with van der Waals surface area (Å²) in [6.07, 6.45) is 9.01. The van der Waals surface area contributed by atoms with Crippen molar-refractivity contribution in [2.75, 3.05) is 6.61 Å². The highest BCUT2D eigenvalue weighted by molar-refractivity contribution is 5.72. The van der Waals surface area contributed by atoms with Crippen molar-refractivity contribution in [2.45, 2.75) is 77.7 Å². The van der Waals surface area contributed by atoms with Crippen LogP contribution in [0.2, 0.25) is 0 Å². The molecule has 0 fully saturated rings. The number of rotatable bonds is 14. The number of unbranched alkanes of at least 4 members (excludes halogenated alkanes) is 6. The minimum absolute atomic E-state index is 0.0410. The average Bonchev–Trinajstić information content (AvgIpc) is 2.62. The van der Waals surface area contributed by atoms with Crippen molar-refractivity contribution < 1.29 is 23.5 Å². The second-order valence-corrected chi connectivity index (χ2v) is 6.49. The zero-order valence-electron chi connectivity index (χ0n) is 15.8. The van der Waals surface area contributed by atoms with Crippen LogP contribution >= 0.6 is 0 Å². The molecule has 26 heavy (non-hydrogen) atoms. The maximum Gasteiger partial charge on any atom is 0.306 e. The highest BCUT2D eigenvalue weighted by atomic mass is 19.1. The molecule has 4 nitrogen and oxygen atoms in total. The Morgan fingerprint density at radius 3 is 2.23 bits per heavy atom. The van der Waals surface area contributed by atoms with Crippen molar-refractivity contribution in [3.8, 4) is 0 Å². The van der Waals surface area contributed by atoms with Crippen LogP contribution in [0.4, 0.5) is 4.39 Å². The first-order chi connectivity index (χ1) is 12.6. The number of ether oxygens (including phenoxy) is 2. The molecule has 0 unspecified atom stereocenters. The molecule has 0 amide bonds. The third kappa shape index (κ3) is 11.6. The summed E-state index contributed by atoms with van der Waals surface area (Å²) in [7, 11) is 0. The summed E-state index contributed by atoms with van der Waals surface area (Å²) in [5.74, 6) is -1.02. The van der Waals surface area contributed by atoms with Gasteiger partial charge in [0.1, 0.15) is 12.4 Å². The molecule has 0 aliphatic rings. The number of esters is 2. The fourth-order valence-corrected chi connectivity index (χ4v) is 2.56. The minimum atomic E-state index is -0.394. The first-order valence-corrected chi connectivity index (χ1v) is 9.67. The van der Waals surface area contributed by atoms with Gasteiger partial charge in [-0.3, -0.25) is 9.59 Å². The number of hydrogen-bond acceptors (Lipinski definition) is 4. The summed E-state index contributed by atoms with van der Waals surface area (Å²) in [4.78, 5) is 23.2. The van der Waals surface area contributed by atoms with E-state index in [9.17, 15) is 14.0 Å². The largest absolute Gasteiger partial charge is 0.466 e. The minimum Gasteiger partial charge on any atom is -0.466 e. The van der Waals surface area contributed by atoms with Crippen LogP contribution in [-0.4, -0.2) is 18.5 Å². The van der Waals surface area contributed by atoms with Crippen molar-refractivity contribution in [2.24, 2.45) is 0 Å². The van der Waals surface area contributed by atoms with Crippen molar-refractivity contribution in [3.05, 3.63) is 35.6 Å². The molecule has 0 aromatic heterocycles. The van der Waals surface area contributed by atoms with Gasteiger partial charge in [0.25, 0.3) is 0 Å². The smallest absolute Gasteiger partial charge is 0.306 e. The van der Waals surface area contributed by atoms with Crippen molar-refractivity contribution >= 4 is 11.9 Å². The molecular weight excluding hydrogens is 335 g/mol. The third-order valence-electron chi connectivity index (χ3n) is 4.06. The third-order valence-corrected chi connectivity index (χ3v) is 4.06. The predicted octanol–water partition coefficient (Wildman–Crippen LogP) is 5.33. The number of carbonyl (C=O) groups is 2. The van der Waals surface area contributed by atoms with Crippen LogP contribution in [0.15, 0.2) is 24.3 Å². The number of carbonyl (C=O) groups excluding carboxylic acids is 2. The van der Waals surface area contributed by atoms with E-state index in [2.05, 4.69) is 6.92 Å². The highest BCUT2D eigenvalue weighted by Crippen LogP contribution is 2.08. The number of hydrogen-bond donors (Lipinski definition) is 0. The summed E-state index contributed by atoms with van der Waals surface area (Å²) in [5, 5.41) is 0. The molecular formula is C21H31FO4. The molecule has 0 saturated heterocycles. The van der Waals surface area contributed by atoms with Crippen molar-refractivity contribution in [3.63, 3.8) is 0 Å². The molecule has 1 aromatic rings. The molecule has 1 aromatic carbocycles. The molecule has 0 heterocycles. The Labute approximate surface area is 156 Å². The van der Waals surface area contributed by atoms with Gasteiger partial charge in [-0.05, 0) is 30.5 Å². The molecule has 1 rings (SSSR count). The Morgan fingerprint density at radius 1 is 0.885 bits per heavy atom. The monoisotopic (exact) mass is 366 g/mol. The molecule has 0 spiro atoms. The van der Waals surface area contributed by atoms with E-state index >= 15 is 0 Å². The van der Waals surface area contributed by atoms with E-state index < -0.39 is 5.97 Å². The van der Waals surface area contributed by atoms with E-state index in [1.807, 2.05) is 0 Å². The van der Waals surface area contributed by atoms with E-state index in [0.717, 1.165) is 12.8 Å². The molecule has 5 heteroatoms. The fourth-order valence-electron chi connectivity index (χ4n) is 2.56. The zero-order chi connectivity index (χ0) is 19.0. The van der Waals surface area contributed by atoms with Gasteiger partial charge in [0.2, 0.25) is 0 Å². The average molecular weight is 366 g/mol. The quantitative estimate of drug-likeness (QED) is 0.330. The maximum absolute atomic E-state index is 13.0. The lowest BCUT2D eigenvalue weighted by atomic mass is 10.1. The predicted molar refractivity (Wildman–Crippen MR) is 99.0 cm³/mol. The van der Waals surface area contributed by atoms with Gasteiger partial charge in [0, 0.05) is 12.8 Å². The Hall–Kier alpha value is -1.91. The molecule has 0 aliphatic carbocycles. The van der Waals surface area contributed by atoms with Gasteiger partial charge in [-0.2, -0.15) is 0 Å².